The molecule has 4 heterocycles. The lowest BCUT2D eigenvalue weighted by Crippen LogP contribution is -2.16. The van der Waals surface area contributed by atoms with Gasteiger partial charge in [-0.2, -0.15) is 5.10 Å². The molecule has 2 aliphatic heterocycles. The van der Waals surface area contributed by atoms with E-state index in [1.54, 1.807) is 6.07 Å². The number of carbonyl (C=O) groups is 2. The molecule has 2 aromatic heterocycles. The molecular weight excluding hydrogens is 552 g/mol. The molecule has 2 aromatic carbocycles. The van der Waals surface area contributed by atoms with E-state index in [0.29, 0.717) is 24.2 Å². The standard InChI is InChI=1S/C31H34N6O4S/c38-28-20-22-8-6-11-25(18-22)40-16-4-1-5-17-41-26-12-7-9-23(19-26)21-29(39)33-31-37-36-30(42-31)13-3-2-10-24-14-15-27(32-28)35-34-24/h6-9,11-12,14-15,18-19H,1-5,10,13,16-17,20-21H2,(H,32,35,38)(H,33,37,39). The zero-order valence-corrected chi connectivity index (χ0v) is 24.2. The molecule has 0 aliphatic carbocycles. The number of amides is 2. The molecular formula is C31H34N6O4S. The highest BCUT2D eigenvalue weighted by Crippen LogP contribution is 2.20. The third-order valence-corrected chi connectivity index (χ3v) is 7.52. The predicted molar refractivity (Wildman–Crippen MR) is 161 cm³/mol. The molecule has 6 rings (SSSR count). The van der Waals surface area contributed by atoms with E-state index in [0.717, 1.165) is 78.3 Å². The number of fused-ring (bicyclic) bond motifs is 15. The van der Waals surface area contributed by atoms with Crippen molar-refractivity contribution in [3.63, 3.8) is 0 Å². The lowest BCUT2D eigenvalue weighted by molar-refractivity contribution is -0.116. The molecule has 2 amide bonds. The van der Waals surface area contributed by atoms with Crippen molar-refractivity contribution in [2.45, 2.75) is 57.8 Å². The van der Waals surface area contributed by atoms with Gasteiger partial charge in [0.15, 0.2) is 5.82 Å². The van der Waals surface area contributed by atoms with Crippen molar-refractivity contribution in [2.75, 3.05) is 23.8 Å². The number of carbonyl (C=O) groups excluding carboxylic acids is 2. The number of nitrogens with zero attached hydrogens (tertiary/aromatic N) is 4. The van der Waals surface area contributed by atoms with Gasteiger partial charge in [-0.25, -0.2) is 0 Å². The van der Waals surface area contributed by atoms with Gasteiger partial charge >= 0.3 is 0 Å². The fraction of sp³-hybridized carbons (Fsp3) is 0.355. The molecule has 2 N–H and O–H groups in total. The molecule has 4 aromatic rings. The number of nitrogens with one attached hydrogen (secondary N) is 2. The van der Waals surface area contributed by atoms with Crippen molar-refractivity contribution in [1.82, 2.24) is 20.4 Å². The maximum absolute atomic E-state index is 12.6. The molecule has 10 nitrogen and oxygen atoms in total. The second kappa shape index (κ2) is 15.0. The van der Waals surface area contributed by atoms with Crippen LogP contribution in [0.5, 0.6) is 11.5 Å². The van der Waals surface area contributed by atoms with Gasteiger partial charge in [0.25, 0.3) is 0 Å². The quantitative estimate of drug-likeness (QED) is 0.288. The average molecular weight is 587 g/mol. The van der Waals surface area contributed by atoms with E-state index in [1.165, 1.54) is 11.3 Å². The highest BCUT2D eigenvalue weighted by Gasteiger charge is 2.11. The third kappa shape index (κ3) is 9.34. The van der Waals surface area contributed by atoms with Gasteiger partial charge in [0.2, 0.25) is 16.9 Å². The predicted octanol–water partition coefficient (Wildman–Crippen LogP) is 5.20. The number of ether oxygens (including phenoxy) is 2. The monoisotopic (exact) mass is 586 g/mol. The maximum atomic E-state index is 12.6. The van der Waals surface area contributed by atoms with Crippen LogP contribution >= 0.6 is 11.3 Å². The van der Waals surface area contributed by atoms with Crippen molar-refractivity contribution >= 4 is 34.1 Å². The minimum absolute atomic E-state index is 0.141. The summed E-state index contributed by atoms with van der Waals surface area (Å²) in [6.07, 6.45) is 6.50. The summed E-state index contributed by atoms with van der Waals surface area (Å²) in [5.41, 5.74) is 2.60. The first-order chi connectivity index (χ1) is 20.6. The first-order valence-corrected chi connectivity index (χ1v) is 15.1. The Kier molecular flexibility index (Phi) is 10.4. The highest BCUT2D eigenvalue weighted by atomic mass is 32.1. The Hall–Kier alpha value is -4.38. The Morgan fingerprint density at radius 1 is 0.643 bits per heavy atom. The Bertz CT molecular complexity index is 1480. The Labute approximate surface area is 248 Å². The molecule has 8 bridgehead atoms. The van der Waals surface area contributed by atoms with E-state index in [9.17, 15) is 9.59 Å². The van der Waals surface area contributed by atoms with E-state index < -0.39 is 0 Å². The summed E-state index contributed by atoms with van der Waals surface area (Å²) in [6.45, 7) is 1.17. The number of aromatic nitrogens is 4. The highest BCUT2D eigenvalue weighted by molar-refractivity contribution is 7.15. The number of benzene rings is 2. The van der Waals surface area contributed by atoms with E-state index in [-0.39, 0.29) is 24.7 Å². The van der Waals surface area contributed by atoms with E-state index in [2.05, 4.69) is 31.0 Å². The van der Waals surface area contributed by atoms with Gasteiger partial charge in [0.1, 0.15) is 16.5 Å². The van der Waals surface area contributed by atoms with E-state index in [1.807, 2.05) is 54.6 Å². The molecule has 0 unspecified atom stereocenters. The van der Waals surface area contributed by atoms with Crippen LogP contribution in [0.1, 0.15) is 53.9 Å². The first kappa shape index (κ1) is 29.1. The molecule has 0 spiro atoms. The summed E-state index contributed by atoms with van der Waals surface area (Å²) in [5.74, 6) is 1.62. The van der Waals surface area contributed by atoms with Gasteiger partial charge in [0, 0.05) is 6.42 Å². The van der Waals surface area contributed by atoms with Gasteiger partial charge in [-0.15, -0.1) is 15.3 Å². The number of aryl methyl sites for hydroxylation is 2. The van der Waals surface area contributed by atoms with Gasteiger partial charge in [-0.05, 0) is 86.1 Å². The SMILES string of the molecule is O=C1Cc2cccc(c2)OCCCCCOc2cccc(c2)CC(=O)Nc2nnc(s2)CCCCc2ccc(nn2)N1. The molecule has 11 heteroatoms. The lowest BCUT2D eigenvalue weighted by Gasteiger charge is -2.10. The van der Waals surface area contributed by atoms with Gasteiger partial charge in [-0.3, -0.25) is 9.59 Å². The summed E-state index contributed by atoms with van der Waals surface area (Å²) < 4.78 is 11.8. The minimum Gasteiger partial charge on any atom is -0.494 e. The van der Waals surface area contributed by atoms with Crippen molar-refractivity contribution in [2.24, 2.45) is 0 Å². The lowest BCUT2D eigenvalue weighted by atomic mass is 10.1. The second-order valence-electron chi connectivity index (χ2n) is 10.1. The van der Waals surface area contributed by atoms with Crippen LogP contribution in [0.15, 0.2) is 60.7 Å². The summed E-state index contributed by atoms with van der Waals surface area (Å²) in [4.78, 5) is 25.2. The molecule has 0 saturated heterocycles. The minimum atomic E-state index is -0.160. The van der Waals surface area contributed by atoms with Crippen LogP contribution < -0.4 is 20.1 Å². The van der Waals surface area contributed by atoms with Crippen LogP contribution in [0.4, 0.5) is 10.9 Å². The van der Waals surface area contributed by atoms with Crippen LogP contribution in [-0.2, 0) is 35.3 Å². The number of anilines is 2. The Balaban J connectivity index is 1.21. The smallest absolute Gasteiger partial charge is 0.230 e. The van der Waals surface area contributed by atoms with Crippen LogP contribution in [0, 0.1) is 0 Å². The average Bonchev–Trinajstić information content (AvgIpc) is 3.42. The van der Waals surface area contributed by atoms with Crippen LogP contribution in [-0.4, -0.2) is 45.4 Å². The van der Waals surface area contributed by atoms with Crippen molar-refractivity contribution in [3.8, 4) is 11.5 Å². The fourth-order valence-corrected chi connectivity index (χ4v) is 5.32. The van der Waals surface area contributed by atoms with Crippen molar-refractivity contribution in [1.29, 1.82) is 0 Å². The van der Waals surface area contributed by atoms with Crippen molar-refractivity contribution < 1.29 is 19.1 Å². The molecule has 0 fully saturated rings. The van der Waals surface area contributed by atoms with Crippen molar-refractivity contribution in [3.05, 3.63) is 82.5 Å². The largest absolute Gasteiger partial charge is 0.494 e. The summed E-state index contributed by atoms with van der Waals surface area (Å²) in [6, 6.07) is 18.9. The molecule has 0 radical (unpaired) electrons. The normalized spacial score (nSPS) is 15.9. The molecule has 2 aliphatic rings. The van der Waals surface area contributed by atoms with Crippen LogP contribution in [0.2, 0.25) is 0 Å². The molecule has 218 valence electrons. The summed E-state index contributed by atoms with van der Waals surface area (Å²) in [7, 11) is 0. The number of hydrogen-bond acceptors (Lipinski definition) is 9. The summed E-state index contributed by atoms with van der Waals surface area (Å²) in [5, 5.41) is 23.8. The van der Waals surface area contributed by atoms with Gasteiger partial charge in [-0.1, -0.05) is 35.6 Å². The zero-order chi connectivity index (χ0) is 29.0. The van der Waals surface area contributed by atoms with Crippen LogP contribution in [0.3, 0.4) is 0 Å². The zero-order valence-electron chi connectivity index (χ0n) is 23.4. The molecule has 42 heavy (non-hydrogen) atoms. The van der Waals surface area contributed by atoms with Gasteiger partial charge < -0.3 is 20.1 Å². The topological polar surface area (TPSA) is 128 Å². The maximum Gasteiger partial charge on any atom is 0.230 e. The third-order valence-electron chi connectivity index (χ3n) is 6.63. The van der Waals surface area contributed by atoms with E-state index >= 15 is 0 Å². The number of hydrogen-bond donors (Lipinski definition) is 2. The Morgan fingerprint density at radius 3 is 1.98 bits per heavy atom. The van der Waals surface area contributed by atoms with Gasteiger partial charge in [0.05, 0.1) is 31.7 Å². The van der Waals surface area contributed by atoms with Crippen LogP contribution in [0.25, 0.3) is 0 Å². The first-order valence-electron chi connectivity index (χ1n) is 14.3. The summed E-state index contributed by atoms with van der Waals surface area (Å²) >= 11 is 1.39. The second-order valence-corrected chi connectivity index (χ2v) is 11.2. The molecule has 0 saturated carbocycles. The Morgan fingerprint density at radius 2 is 1.31 bits per heavy atom. The molecule has 0 atom stereocenters. The number of rotatable bonds is 0. The fourth-order valence-electron chi connectivity index (χ4n) is 4.52. The van der Waals surface area contributed by atoms with E-state index in [4.69, 9.17) is 9.47 Å².